The highest BCUT2D eigenvalue weighted by atomic mass is 16.5. The minimum absolute atomic E-state index is 0.00763. The fraction of sp³-hybridized carbons (Fsp3) is 0.526. The Morgan fingerprint density at radius 3 is 2.68 bits per heavy atom. The second-order valence-corrected chi connectivity index (χ2v) is 6.99. The van der Waals surface area contributed by atoms with Gasteiger partial charge in [-0.25, -0.2) is 15.0 Å². The second-order valence-electron chi connectivity index (χ2n) is 6.99. The van der Waals surface area contributed by atoms with Crippen LogP contribution in [-0.4, -0.2) is 46.3 Å². The molecule has 0 bridgehead atoms. The number of rotatable bonds is 4. The molecule has 1 N–H and O–H groups in total. The lowest BCUT2D eigenvalue weighted by Gasteiger charge is -2.38. The zero-order valence-corrected chi connectivity index (χ0v) is 14.7. The summed E-state index contributed by atoms with van der Waals surface area (Å²) in [4.78, 5) is 15.6. The van der Waals surface area contributed by atoms with Gasteiger partial charge in [-0.1, -0.05) is 13.0 Å². The smallest absolute Gasteiger partial charge is 0.225 e. The van der Waals surface area contributed by atoms with Crippen molar-refractivity contribution in [2.45, 2.75) is 44.2 Å². The molecule has 4 heterocycles. The molecule has 2 saturated heterocycles. The zero-order valence-electron chi connectivity index (χ0n) is 14.7. The summed E-state index contributed by atoms with van der Waals surface area (Å²) in [7, 11) is 0. The number of aromatic nitrogens is 3. The van der Waals surface area contributed by atoms with E-state index in [2.05, 4.69) is 32.1 Å². The molecule has 6 heteroatoms. The number of hydrogen-bond donors (Lipinski definition) is 1. The molecule has 0 saturated carbocycles. The first kappa shape index (κ1) is 16.3. The average Bonchev–Trinajstić information content (AvgIpc) is 3.05. The molecular weight excluding hydrogens is 314 g/mol. The van der Waals surface area contributed by atoms with E-state index in [4.69, 9.17) is 4.74 Å². The monoisotopic (exact) mass is 339 g/mol. The molecule has 0 unspecified atom stereocenters. The Bertz CT molecular complexity index is 683. The van der Waals surface area contributed by atoms with Gasteiger partial charge in [0, 0.05) is 31.7 Å². The van der Waals surface area contributed by atoms with Crippen LogP contribution in [0, 0.1) is 0 Å². The fourth-order valence-corrected chi connectivity index (χ4v) is 3.75. The van der Waals surface area contributed by atoms with Crippen molar-refractivity contribution in [3.8, 4) is 0 Å². The molecule has 0 radical (unpaired) electrons. The standard InChI is InChI=1S/C19H25N5O/c1-2-15-12-21-18(22-13-15)24-9-6-19(7-10-24)11-16(14-25-19)23-17-5-3-4-8-20-17/h3-5,8,12-13,16H,2,6-7,9-11,14H2,1H3,(H,20,23)/t16-/m1/s1. The molecule has 132 valence electrons. The third-order valence-electron chi connectivity index (χ3n) is 5.28. The van der Waals surface area contributed by atoms with Crippen molar-refractivity contribution >= 4 is 11.8 Å². The van der Waals surface area contributed by atoms with Gasteiger partial charge in [0.25, 0.3) is 0 Å². The number of ether oxygens (including phenoxy) is 1. The van der Waals surface area contributed by atoms with E-state index >= 15 is 0 Å². The van der Waals surface area contributed by atoms with Gasteiger partial charge in [-0.2, -0.15) is 0 Å². The van der Waals surface area contributed by atoms with Crippen molar-refractivity contribution in [3.05, 3.63) is 42.4 Å². The molecule has 1 atom stereocenters. The second kappa shape index (κ2) is 6.96. The number of nitrogens with one attached hydrogen (secondary N) is 1. The Morgan fingerprint density at radius 1 is 1.20 bits per heavy atom. The molecule has 0 amide bonds. The van der Waals surface area contributed by atoms with Crippen LogP contribution in [0.2, 0.25) is 0 Å². The van der Waals surface area contributed by atoms with Gasteiger partial charge < -0.3 is 15.0 Å². The summed E-state index contributed by atoms with van der Waals surface area (Å²) in [6, 6.07) is 6.28. The van der Waals surface area contributed by atoms with E-state index in [1.54, 1.807) is 0 Å². The number of hydrogen-bond acceptors (Lipinski definition) is 6. The van der Waals surface area contributed by atoms with Crippen molar-refractivity contribution in [2.75, 3.05) is 29.9 Å². The third-order valence-corrected chi connectivity index (χ3v) is 5.28. The molecule has 0 aromatic carbocycles. The minimum Gasteiger partial charge on any atom is -0.373 e. The number of pyridine rings is 1. The normalized spacial score (nSPS) is 22.3. The molecule has 2 aliphatic rings. The largest absolute Gasteiger partial charge is 0.373 e. The maximum atomic E-state index is 6.23. The average molecular weight is 339 g/mol. The zero-order chi connectivity index (χ0) is 17.1. The number of aryl methyl sites for hydroxylation is 1. The summed E-state index contributed by atoms with van der Waals surface area (Å²) in [6.07, 6.45) is 9.74. The van der Waals surface area contributed by atoms with E-state index in [0.29, 0.717) is 6.04 Å². The highest BCUT2D eigenvalue weighted by molar-refractivity contribution is 5.36. The highest BCUT2D eigenvalue weighted by Crippen LogP contribution is 2.37. The Hall–Kier alpha value is -2.21. The van der Waals surface area contributed by atoms with E-state index in [1.165, 1.54) is 5.56 Å². The van der Waals surface area contributed by atoms with Crippen molar-refractivity contribution < 1.29 is 4.74 Å². The minimum atomic E-state index is -0.00763. The van der Waals surface area contributed by atoms with Crippen molar-refractivity contribution in [1.29, 1.82) is 0 Å². The summed E-state index contributed by atoms with van der Waals surface area (Å²) in [5.41, 5.74) is 1.17. The number of anilines is 2. The Labute approximate surface area is 148 Å². The maximum Gasteiger partial charge on any atom is 0.225 e. The molecule has 2 aromatic heterocycles. The van der Waals surface area contributed by atoms with E-state index in [1.807, 2.05) is 36.8 Å². The van der Waals surface area contributed by atoms with E-state index in [9.17, 15) is 0 Å². The molecule has 1 spiro atoms. The van der Waals surface area contributed by atoms with Gasteiger partial charge in [0.2, 0.25) is 5.95 Å². The highest BCUT2D eigenvalue weighted by Gasteiger charge is 2.43. The molecule has 2 aliphatic heterocycles. The van der Waals surface area contributed by atoms with E-state index in [-0.39, 0.29) is 5.60 Å². The third kappa shape index (κ3) is 3.58. The predicted molar refractivity (Wildman–Crippen MR) is 97.8 cm³/mol. The van der Waals surface area contributed by atoms with Gasteiger partial charge in [-0.15, -0.1) is 0 Å². The van der Waals surface area contributed by atoms with Gasteiger partial charge >= 0.3 is 0 Å². The Morgan fingerprint density at radius 2 is 2.00 bits per heavy atom. The lowest BCUT2D eigenvalue weighted by atomic mass is 9.87. The topological polar surface area (TPSA) is 63.2 Å². The number of piperidine rings is 1. The maximum absolute atomic E-state index is 6.23. The summed E-state index contributed by atoms with van der Waals surface area (Å²) in [6.45, 7) is 4.76. The summed E-state index contributed by atoms with van der Waals surface area (Å²) < 4.78 is 6.23. The van der Waals surface area contributed by atoms with Crippen LogP contribution in [-0.2, 0) is 11.2 Å². The first-order valence-electron chi connectivity index (χ1n) is 9.14. The van der Waals surface area contributed by atoms with E-state index in [0.717, 1.165) is 57.1 Å². The van der Waals surface area contributed by atoms with Crippen LogP contribution < -0.4 is 10.2 Å². The van der Waals surface area contributed by atoms with Gasteiger partial charge in [0.05, 0.1) is 18.2 Å². The predicted octanol–water partition coefficient (Wildman–Crippen LogP) is 2.67. The molecule has 25 heavy (non-hydrogen) atoms. The van der Waals surface area contributed by atoms with Crippen LogP contribution in [0.4, 0.5) is 11.8 Å². The quantitative estimate of drug-likeness (QED) is 0.924. The van der Waals surface area contributed by atoms with Crippen LogP contribution in [0.25, 0.3) is 0 Å². The fourth-order valence-electron chi connectivity index (χ4n) is 3.75. The van der Waals surface area contributed by atoms with Gasteiger partial charge in [0.15, 0.2) is 0 Å². The molecule has 2 fully saturated rings. The summed E-state index contributed by atoms with van der Waals surface area (Å²) in [5.74, 6) is 1.77. The van der Waals surface area contributed by atoms with Crippen LogP contribution in [0.15, 0.2) is 36.8 Å². The number of nitrogens with zero attached hydrogens (tertiary/aromatic N) is 4. The van der Waals surface area contributed by atoms with Crippen molar-refractivity contribution in [3.63, 3.8) is 0 Å². The van der Waals surface area contributed by atoms with Crippen LogP contribution in [0.3, 0.4) is 0 Å². The Kier molecular flexibility index (Phi) is 4.53. The molecule has 6 nitrogen and oxygen atoms in total. The van der Waals surface area contributed by atoms with Gasteiger partial charge in [-0.05, 0) is 43.4 Å². The lowest BCUT2D eigenvalue weighted by Crippen LogP contribution is -2.45. The van der Waals surface area contributed by atoms with Gasteiger partial charge in [-0.3, -0.25) is 0 Å². The van der Waals surface area contributed by atoms with Crippen LogP contribution in [0.1, 0.15) is 31.7 Å². The van der Waals surface area contributed by atoms with Gasteiger partial charge in [0.1, 0.15) is 5.82 Å². The van der Waals surface area contributed by atoms with Crippen LogP contribution >= 0.6 is 0 Å². The molecular formula is C19H25N5O. The SMILES string of the molecule is CCc1cnc(N2CCC3(CC2)C[C@@H](Nc2ccccn2)CO3)nc1. The molecule has 0 aliphatic carbocycles. The lowest BCUT2D eigenvalue weighted by molar-refractivity contribution is -0.0149. The molecule has 2 aromatic rings. The first-order valence-corrected chi connectivity index (χ1v) is 9.14. The summed E-state index contributed by atoms with van der Waals surface area (Å²) in [5, 5.41) is 3.49. The first-order chi connectivity index (χ1) is 12.3. The van der Waals surface area contributed by atoms with Crippen LogP contribution in [0.5, 0.6) is 0 Å². The van der Waals surface area contributed by atoms with Crippen molar-refractivity contribution in [1.82, 2.24) is 15.0 Å². The summed E-state index contributed by atoms with van der Waals surface area (Å²) >= 11 is 0. The Balaban J connectivity index is 1.33. The van der Waals surface area contributed by atoms with Crippen molar-refractivity contribution in [2.24, 2.45) is 0 Å². The van der Waals surface area contributed by atoms with E-state index < -0.39 is 0 Å². The molecule has 4 rings (SSSR count).